The summed E-state index contributed by atoms with van der Waals surface area (Å²) < 4.78 is 16.8. The molecule has 1 amide bonds. The van der Waals surface area contributed by atoms with E-state index in [-0.39, 0.29) is 17.9 Å². The molecule has 5 nitrogen and oxygen atoms in total. The molecule has 1 aromatic heterocycles. The minimum atomic E-state index is -0.0107. The Bertz CT molecular complexity index is 819. The van der Waals surface area contributed by atoms with Crippen LogP contribution in [0, 0.1) is 0 Å². The summed E-state index contributed by atoms with van der Waals surface area (Å²) in [4.78, 5) is 12.2. The lowest BCUT2D eigenvalue weighted by molar-refractivity contribution is -0.118. The van der Waals surface area contributed by atoms with Crippen LogP contribution in [0.4, 0.5) is 0 Å². The van der Waals surface area contributed by atoms with Gasteiger partial charge >= 0.3 is 0 Å². The van der Waals surface area contributed by atoms with Gasteiger partial charge in [-0.15, -0.1) is 0 Å². The number of carbonyl (C=O) groups is 1. The molecule has 1 atom stereocenters. The van der Waals surface area contributed by atoms with Crippen LogP contribution in [0.5, 0.6) is 11.5 Å². The van der Waals surface area contributed by atoms with Crippen molar-refractivity contribution in [3.63, 3.8) is 0 Å². The molecule has 1 saturated heterocycles. The summed E-state index contributed by atoms with van der Waals surface area (Å²) >= 11 is 0. The predicted octanol–water partition coefficient (Wildman–Crippen LogP) is 4.30. The highest BCUT2D eigenvalue weighted by molar-refractivity contribution is 5.98. The van der Waals surface area contributed by atoms with Crippen LogP contribution in [-0.2, 0) is 4.79 Å². The average Bonchev–Trinajstić information content (AvgIpc) is 3.38. The molecule has 0 radical (unpaired) electrons. The summed E-state index contributed by atoms with van der Waals surface area (Å²) in [6.45, 7) is 0.622. The van der Waals surface area contributed by atoms with Gasteiger partial charge in [-0.05, 0) is 61.9 Å². The first-order valence-electron chi connectivity index (χ1n) is 9.58. The fraction of sp³-hybridized carbons (Fsp3) is 0.409. The smallest absolute Gasteiger partial charge is 0.247 e. The molecule has 27 heavy (non-hydrogen) atoms. The van der Waals surface area contributed by atoms with Crippen LogP contribution in [0.3, 0.4) is 0 Å². The van der Waals surface area contributed by atoms with E-state index in [1.807, 2.05) is 18.2 Å². The monoisotopic (exact) mass is 367 g/mol. The molecule has 1 aromatic carbocycles. The summed E-state index contributed by atoms with van der Waals surface area (Å²) in [5.41, 5.74) is 2.82. The molecule has 0 unspecified atom stereocenters. The Hall–Kier alpha value is -2.69. The third kappa shape index (κ3) is 4.02. The molecule has 0 bridgehead atoms. The maximum atomic E-state index is 12.2. The number of hydrogen-bond acceptors (Lipinski definition) is 4. The molecular weight excluding hydrogens is 342 g/mol. The van der Waals surface area contributed by atoms with Crippen molar-refractivity contribution in [2.75, 3.05) is 13.7 Å². The van der Waals surface area contributed by atoms with Crippen molar-refractivity contribution in [3.05, 3.63) is 53.5 Å². The number of carbonyl (C=O) groups excluding carboxylic acids is 1. The molecule has 2 aliphatic rings. The van der Waals surface area contributed by atoms with Crippen LogP contribution >= 0.6 is 0 Å². The minimum absolute atomic E-state index is 0.0107. The lowest BCUT2D eigenvalue weighted by atomic mass is 9.87. The van der Waals surface area contributed by atoms with E-state index < -0.39 is 0 Å². The lowest BCUT2D eigenvalue weighted by Crippen LogP contribution is -2.35. The zero-order valence-electron chi connectivity index (χ0n) is 15.6. The summed E-state index contributed by atoms with van der Waals surface area (Å²) in [5, 5.41) is 3.00. The van der Waals surface area contributed by atoms with Gasteiger partial charge in [-0.2, -0.15) is 0 Å². The van der Waals surface area contributed by atoms with E-state index in [1.54, 1.807) is 19.6 Å². The van der Waals surface area contributed by atoms with Gasteiger partial charge in [0.15, 0.2) is 11.5 Å². The van der Waals surface area contributed by atoms with Crippen LogP contribution in [0.1, 0.15) is 49.1 Å². The van der Waals surface area contributed by atoms with Crippen molar-refractivity contribution in [1.29, 1.82) is 0 Å². The number of hydrogen-bond donors (Lipinski definition) is 1. The quantitative estimate of drug-likeness (QED) is 0.801. The van der Waals surface area contributed by atoms with Crippen LogP contribution in [0.25, 0.3) is 6.08 Å². The van der Waals surface area contributed by atoms with Crippen LogP contribution in [-0.4, -0.2) is 25.7 Å². The summed E-state index contributed by atoms with van der Waals surface area (Å²) in [6, 6.07) is 7.97. The summed E-state index contributed by atoms with van der Waals surface area (Å²) in [6.07, 6.45) is 10.8. The minimum Gasteiger partial charge on any atom is -0.493 e. The zero-order chi connectivity index (χ0) is 18.6. The van der Waals surface area contributed by atoms with Gasteiger partial charge in [0.2, 0.25) is 5.91 Å². The third-order valence-corrected chi connectivity index (χ3v) is 5.41. The number of nitrogens with one attached hydrogen (secondary N) is 1. The van der Waals surface area contributed by atoms with Gasteiger partial charge in [-0.25, -0.2) is 0 Å². The Balaban J connectivity index is 1.55. The molecular formula is C22H25NO4. The van der Waals surface area contributed by atoms with Crippen LogP contribution < -0.4 is 14.8 Å². The highest BCUT2D eigenvalue weighted by Crippen LogP contribution is 2.36. The van der Waals surface area contributed by atoms with Crippen molar-refractivity contribution >= 4 is 12.0 Å². The number of amides is 1. The second-order valence-corrected chi connectivity index (χ2v) is 7.27. The maximum absolute atomic E-state index is 12.2. The Kier molecular flexibility index (Phi) is 5.19. The topological polar surface area (TPSA) is 60.7 Å². The molecule has 5 heteroatoms. The standard InChI is InChI=1S/C22H25NO4/c1-25-20-7-6-16(12-21(20)27-19-4-2-3-5-19)18-11-17(22(24)23-13-18)10-15-8-9-26-14-15/h6-10,12,14,18-19H,2-5,11,13H2,1H3,(H,23,24)/b17-10+/t18-/m1/s1. The number of ether oxygens (including phenoxy) is 2. The number of methoxy groups -OCH3 is 1. The van der Waals surface area contributed by atoms with E-state index in [1.165, 1.54) is 12.8 Å². The number of benzene rings is 1. The number of rotatable bonds is 5. The predicted molar refractivity (Wildman–Crippen MR) is 103 cm³/mol. The van der Waals surface area contributed by atoms with Gasteiger partial charge in [0.05, 0.1) is 25.7 Å². The van der Waals surface area contributed by atoms with Gasteiger partial charge in [0, 0.05) is 23.6 Å². The first-order chi connectivity index (χ1) is 13.2. The molecule has 1 aliphatic carbocycles. The summed E-state index contributed by atoms with van der Waals surface area (Å²) in [5.74, 6) is 1.76. The molecule has 142 valence electrons. The normalized spacial score (nSPS) is 22.0. The Morgan fingerprint density at radius 3 is 2.78 bits per heavy atom. The van der Waals surface area contributed by atoms with E-state index in [9.17, 15) is 4.79 Å². The molecule has 1 N–H and O–H groups in total. The fourth-order valence-electron chi connectivity index (χ4n) is 3.90. The first kappa shape index (κ1) is 17.7. The molecule has 2 fully saturated rings. The highest BCUT2D eigenvalue weighted by atomic mass is 16.5. The van der Waals surface area contributed by atoms with Crippen LogP contribution in [0.15, 0.2) is 46.8 Å². The van der Waals surface area contributed by atoms with E-state index in [0.717, 1.165) is 41.0 Å². The Labute approximate surface area is 159 Å². The van der Waals surface area contributed by atoms with Gasteiger partial charge in [-0.3, -0.25) is 4.79 Å². The highest BCUT2D eigenvalue weighted by Gasteiger charge is 2.26. The Morgan fingerprint density at radius 1 is 1.19 bits per heavy atom. The Morgan fingerprint density at radius 2 is 2.04 bits per heavy atom. The van der Waals surface area contributed by atoms with Gasteiger partial charge in [-0.1, -0.05) is 6.07 Å². The lowest BCUT2D eigenvalue weighted by Gasteiger charge is -2.26. The van der Waals surface area contributed by atoms with Crippen LogP contribution in [0.2, 0.25) is 0 Å². The molecule has 2 heterocycles. The van der Waals surface area contributed by atoms with Gasteiger partial charge in [0.25, 0.3) is 0 Å². The summed E-state index contributed by atoms with van der Waals surface area (Å²) in [7, 11) is 1.67. The molecule has 1 aliphatic heterocycles. The van der Waals surface area contributed by atoms with E-state index >= 15 is 0 Å². The molecule has 0 spiro atoms. The first-order valence-corrected chi connectivity index (χ1v) is 9.58. The number of piperidine rings is 1. The zero-order valence-corrected chi connectivity index (χ0v) is 15.6. The largest absolute Gasteiger partial charge is 0.493 e. The van der Waals surface area contributed by atoms with E-state index in [4.69, 9.17) is 13.9 Å². The second kappa shape index (κ2) is 7.91. The van der Waals surface area contributed by atoms with Crippen molar-refractivity contribution in [1.82, 2.24) is 5.32 Å². The number of furan rings is 1. The maximum Gasteiger partial charge on any atom is 0.247 e. The van der Waals surface area contributed by atoms with Gasteiger partial charge < -0.3 is 19.2 Å². The van der Waals surface area contributed by atoms with E-state index in [2.05, 4.69) is 17.4 Å². The third-order valence-electron chi connectivity index (χ3n) is 5.41. The molecule has 1 saturated carbocycles. The second-order valence-electron chi connectivity index (χ2n) is 7.27. The van der Waals surface area contributed by atoms with Crippen molar-refractivity contribution in [2.45, 2.75) is 44.1 Å². The average molecular weight is 367 g/mol. The van der Waals surface area contributed by atoms with Crippen molar-refractivity contribution < 1.29 is 18.7 Å². The van der Waals surface area contributed by atoms with Crippen molar-refractivity contribution in [3.8, 4) is 11.5 Å². The van der Waals surface area contributed by atoms with Gasteiger partial charge in [0.1, 0.15) is 0 Å². The molecule has 2 aromatic rings. The SMILES string of the molecule is COc1ccc([C@H]2CNC(=O)/C(=C/c3ccoc3)C2)cc1OC1CCCC1. The fourth-order valence-corrected chi connectivity index (χ4v) is 3.90. The van der Waals surface area contributed by atoms with E-state index in [0.29, 0.717) is 13.0 Å². The van der Waals surface area contributed by atoms with Crippen molar-refractivity contribution in [2.24, 2.45) is 0 Å². The molecule has 4 rings (SSSR count).